The molecule has 1 N–H and O–H groups in total. The second-order valence-corrected chi connectivity index (χ2v) is 14.0. The van der Waals surface area contributed by atoms with E-state index in [1.165, 1.54) is 31.7 Å². The Bertz CT molecular complexity index is 1460. The van der Waals surface area contributed by atoms with Gasteiger partial charge >= 0.3 is 0 Å². The molecule has 2 aromatic rings. The van der Waals surface area contributed by atoms with E-state index < -0.39 is 6.04 Å². The molecule has 3 fully saturated rings. The average molecular weight is 650 g/mol. The molecule has 11 heteroatoms. The van der Waals surface area contributed by atoms with Crippen molar-refractivity contribution in [3.8, 4) is 11.5 Å². The SMILES string of the molecule is CNC(=O)CCC(C=O)N(C)Cc1cc2c(cc1C=O)OCC1CN(CC3CCC4(CC3)CN(c3cc(OC)ccc3F)C4)CCN21. The van der Waals surface area contributed by atoms with Crippen molar-refractivity contribution in [1.29, 1.82) is 0 Å². The Morgan fingerprint density at radius 2 is 1.96 bits per heavy atom. The van der Waals surface area contributed by atoms with E-state index in [1.54, 1.807) is 20.2 Å². The summed E-state index contributed by atoms with van der Waals surface area (Å²) < 4.78 is 26.0. The minimum absolute atomic E-state index is 0.102. The summed E-state index contributed by atoms with van der Waals surface area (Å²) >= 11 is 0. The average Bonchev–Trinajstić information content (AvgIpc) is 3.07. The van der Waals surface area contributed by atoms with Crippen molar-refractivity contribution in [2.24, 2.45) is 11.3 Å². The van der Waals surface area contributed by atoms with E-state index in [2.05, 4.69) is 26.1 Å². The van der Waals surface area contributed by atoms with E-state index >= 15 is 0 Å². The Hall–Kier alpha value is -3.70. The second-order valence-electron chi connectivity index (χ2n) is 14.0. The van der Waals surface area contributed by atoms with Crippen LogP contribution in [0.1, 0.15) is 54.4 Å². The fourth-order valence-electron chi connectivity index (χ4n) is 8.08. The number of methoxy groups -OCH3 is 1. The molecule has 0 radical (unpaired) electrons. The van der Waals surface area contributed by atoms with E-state index in [4.69, 9.17) is 9.47 Å². The van der Waals surface area contributed by atoms with Crippen LogP contribution in [0.4, 0.5) is 15.8 Å². The largest absolute Gasteiger partial charge is 0.497 e. The normalized spacial score (nSPS) is 21.3. The molecule has 1 aliphatic carbocycles. The molecule has 1 spiro atoms. The summed E-state index contributed by atoms with van der Waals surface area (Å²) in [5.74, 6) is 1.80. The van der Waals surface area contributed by atoms with Crippen molar-refractivity contribution >= 4 is 29.9 Å². The number of fused-ring (bicyclic) bond motifs is 3. The number of nitrogens with zero attached hydrogens (tertiary/aromatic N) is 4. The van der Waals surface area contributed by atoms with Crippen LogP contribution >= 0.6 is 0 Å². The summed E-state index contributed by atoms with van der Waals surface area (Å²) in [6.45, 7) is 6.70. The third-order valence-electron chi connectivity index (χ3n) is 11.0. The molecule has 4 aliphatic rings. The van der Waals surface area contributed by atoms with Gasteiger partial charge in [-0.1, -0.05) is 0 Å². The third-order valence-corrected chi connectivity index (χ3v) is 11.0. The molecule has 2 atom stereocenters. The number of ether oxygens (including phenoxy) is 2. The monoisotopic (exact) mass is 649 g/mol. The number of carbonyl (C=O) groups excluding carboxylic acids is 3. The number of aldehydes is 2. The van der Waals surface area contributed by atoms with Crippen LogP contribution < -0.4 is 24.6 Å². The lowest BCUT2D eigenvalue weighted by atomic mass is 9.65. The summed E-state index contributed by atoms with van der Waals surface area (Å²) in [5, 5.41) is 2.60. The van der Waals surface area contributed by atoms with E-state index in [1.807, 2.05) is 24.1 Å². The molecule has 3 heterocycles. The van der Waals surface area contributed by atoms with Crippen LogP contribution in [0, 0.1) is 17.2 Å². The number of nitrogens with one attached hydrogen (secondary N) is 1. The Kier molecular flexibility index (Phi) is 10.0. The molecule has 2 unspecified atom stereocenters. The number of benzene rings is 2. The number of carbonyl (C=O) groups is 3. The number of hydrogen-bond donors (Lipinski definition) is 1. The molecule has 47 heavy (non-hydrogen) atoms. The van der Waals surface area contributed by atoms with Gasteiger partial charge in [0.15, 0.2) is 6.29 Å². The third kappa shape index (κ3) is 7.11. The number of halogens is 1. The zero-order valence-electron chi connectivity index (χ0n) is 27.9. The second kappa shape index (κ2) is 14.2. The Balaban J connectivity index is 1.02. The Morgan fingerprint density at radius 1 is 1.17 bits per heavy atom. The highest BCUT2D eigenvalue weighted by atomic mass is 19.1. The van der Waals surface area contributed by atoms with Gasteiger partial charge in [-0.2, -0.15) is 0 Å². The van der Waals surface area contributed by atoms with E-state index in [-0.39, 0.29) is 24.2 Å². The van der Waals surface area contributed by atoms with Gasteiger partial charge < -0.3 is 29.4 Å². The van der Waals surface area contributed by atoms with Crippen LogP contribution in [0.3, 0.4) is 0 Å². The van der Waals surface area contributed by atoms with Gasteiger partial charge in [0.25, 0.3) is 0 Å². The molecule has 2 aromatic carbocycles. The minimum Gasteiger partial charge on any atom is -0.497 e. The molecule has 1 amide bonds. The van der Waals surface area contributed by atoms with Crippen molar-refractivity contribution in [2.45, 2.75) is 57.2 Å². The first-order valence-electron chi connectivity index (χ1n) is 16.9. The van der Waals surface area contributed by atoms with Gasteiger partial charge in [0.05, 0.1) is 30.6 Å². The van der Waals surface area contributed by atoms with E-state index in [9.17, 15) is 18.8 Å². The van der Waals surface area contributed by atoms with Crippen LogP contribution in [0.5, 0.6) is 11.5 Å². The fraction of sp³-hybridized carbons (Fsp3) is 0.583. The molecule has 10 nitrogen and oxygen atoms in total. The number of rotatable bonds is 12. The minimum atomic E-state index is -0.427. The highest BCUT2D eigenvalue weighted by Crippen LogP contribution is 2.48. The smallest absolute Gasteiger partial charge is 0.219 e. The van der Waals surface area contributed by atoms with Gasteiger partial charge in [-0.25, -0.2) is 4.39 Å². The van der Waals surface area contributed by atoms with Crippen LogP contribution in [0.15, 0.2) is 30.3 Å². The molecule has 1 saturated carbocycles. The highest BCUT2D eigenvalue weighted by Gasteiger charge is 2.46. The van der Waals surface area contributed by atoms with Crippen LogP contribution in [-0.2, 0) is 16.1 Å². The number of anilines is 2. The van der Waals surface area contributed by atoms with Crippen LogP contribution in [0.25, 0.3) is 0 Å². The summed E-state index contributed by atoms with van der Waals surface area (Å²) in [5.41, 5.74) is 3.36. The van der Waals surface area contributed by atoms with Crippen LogP contribution in [0.2, 0.25) is 0 Å². The highest BCUT2D eigenvalue weighted by molar-refractivity contribution is 5.81. The summed E-state index contributed by atoms with van der Waals surface area (Å²) in [6, 6.07) is 8.66. The molecular weight excluding hydrogens is 601 g/mol. The van der Waals surface area contributed by atoms with E-state index in [0.717, 1.165) is 68.8 Å². The summed E-state index contributed by atoms with van der Waals surface area (Å²) in [4.78, 5) is 44.7. The van der Waals surface area contributed by atoms with Crippen molar-refractivity contribution in [3.05, 3.63) is 47.3 Å². The first-order chi connectivity index (χ1) is 22.7. The maximum absolute atomic E-state index is 14.5. The molecule has 0 bridgehead atoms. The topological polar surface area (TPSA) is 94.7 Å². The maximum atomic E-state index is 14.5. The van der Waals surface area contributed by atoms with Gasteiger partial charge in [-0.15, -0.1) is 0 Å². The van der Waals surface area contributed by atoms with Crippen molar-refractivity contribution in [2.75, 3.05) is 76.9 Å². The van der Waals surface area contributed by atoms with Crippen LogP contribution in [-0.4, -0.2) is 107 Å². The standard InChI is InChI=1S/C36H48FN5O5/c1-38-35(45)7-4-28(21-44)39(2)18-26-14-33-34(15-27(26)20-43)47-22-29-19-40(12-13-42(29)33)17-25-8-10-36(11-9-25)23-41(24-36)32-16-30(46-3)5-6-31(32)37/h5-6,14-16,20-21,25,28-29H,4,7-13,17-19,22-24H2,1-3H3,(H,38,45). The van der Waals surface area contributed by atoms with Crippen molar-refractivity contribution in [1.82, 2.24) is 15.1 Å². The Morgan fingerprint density at radius 3 is 2.66 bits per heavy atom. The number of hydrogen-bond acceptors (Lipinski definition) is 9. The summed E-state index contributed by atoms with van der Waals surface area (Å²) in [6.07, 6.45) is 7.18. The lowest BCUT2D eigenvalue weighted by molar-refractivity contribution is -0.121. The molecule has 254 valence electrons. The predicted molar refractivity (Wildman–Crippen MR) is 179 cm³/mol. The first kappa shape index (κ1) is 33.2. The van der Waals surface area contributed by atoms with E-state index in [0.29, 0.717) is 47.9 Å². The molecule has 6 rings (SSSR count). The molecule has 2 saturated heterocycles. The predicted octanol–water partition coefficient (Wildman–Crippen LogP) is 3.75. The molecular formula is C36H48FN5O5. The van der Waals surface area contributed by atoms with Gasteiger partial charge in [-0.05, 0) is 74.9 Å². The number of likely N-dealkylation sites (N-methyl/N-ethyl adjacent to an activating group) is 1. The maximum Gasteiger partial charge on any atom is 0.219 e. The summed E-state index contributed by atoms with van der Waals surface area (Å²) in [7, 11) is 5.05. The Labute approximate surface area is 277 Å². The van der Waals surface area contributed by atoms with Gasteiger partial charge in [0.1, 0.15) is 30.2 Å². The van der Waals surface area contributed by atoms with Gasteiger partial charge in [0, 0.05) is 76.3 Å². The van der Waals surface area contributed by atoms with Crippen molar-refractivity contribution in [3.63, 3.8) is 0 Å². The zero-order valence-corrected chi connectivity index (χ0v) is 27.9. The number of amides is 1. The van der Waals surface area contributed by atoms with Crippen molar-refractivity contribution < 1.29 is 28.2 Å². The first-order valence-corrected chi connectivity index (χ1v) is 16.9. The fourth-order valence-corrected chi connectivity index (χ4v) is 8.08. The lowest BCUT2D eigenvalue weighted by Gasteiger charge is -2.55. The lowest BCUT2D eigenvalue weighted by Crippen LogP contribution is -2.59. The molecule has 3 aliphatic heterocycles. The number of piperazine rings is 1. The zero-order chi connectivity index (χ0) is 33.1. The quantitative estimate of drug-likeness (QED) is 0.345. The van der Waals surface area contributed by atoms with Gasteiger partial charge in [-0.3, -0.25) is 19.4 Å². The van der Waals surface area contributed by atoms with Gasteiger partial charge in [0.2, 0.25) is 5.91 Å². The molecule has 0 aromatic heterocycles.